The van der Waals surface area contributed by atoms with Crippen LogP contribution in [0, 0.1) is 44.8 Å². The summed E-state index contributed by atoms with van der Waals surface area (Å²) in [6.07, 6.45) is -4.28. The molecular weight excluding hydrogens is 636 g/mol. The molecule has 0 amide bonds. The summed E-state index contributed by atoms with van der Waals surface area (Å²) in [4.78, 5) is 66.5. The molecule has 12 nitrogen and oxygen atoms in total. The third-order valence-corrected chi connectivity index (χ3v) is 14.7. The number of ketones is 1. The fraction of sp³-hybridized carbons (Fsp3) is 0.811. The summed E-state index contributed by atoms with van der Waals surface area (Å²) in [5, 5.41) is 26.1. The van der Waals surface area contributed by atoms with E-state index in [9.17, 15) is 34.2 Å². The predicted octanol–water partition coefficient (Wildman–Crippen LogP) is 3.58. The zero-order chi connectivity index (χ0) is 36.7. The number of allylic oxidation sites excluding steroid dienone is 2. The van der Waals surface area contributed by atoms with Crippen LogP contribution in [0.4, 0.5) is 0 Å². The molecule has 14 atom stereocenters. The van der Waals surface area contributed by atoms with Crippen molar-refractivity contribution in [3.8, 4) is 0 Å². The van der Waals surface area contributed by atoms with Gasteiger partial charge in [0.15, 0.2) is 23.8 Å². The zero-order valence-electron chi connectivity index (χ0n) is 30.6. The molecule has 0 aromatic carbocycles. The van der Waals surface area contributed by atoms with Gasteiger partial charge in [-0.3, -0.25) is 24.0 Å². The van der Waals surface area contributed by atoms with Crippen molar-refractivity contribution in [2.75, 3.05) is 7.11 Å². The predicted molar refractivity (Wildman–Crippen MR) is 171 cm³/mol. The van der Waals surface area contributed by atoms with Gasteiger partial charge in [-0.25, -0.2) is 0 Å². The molecule has 6 rings (SSSR count). The number of hydrogen-bond acceptors (Lipinski definition) is 12. The van der Waals surface area contributed by atoms with Crippen molar-refractivity contribution in [2.24, 2.45) is 44.8 Å². The van der Waals surface area contributed by atoms with E-state index in [-0.39, 0.29) is 37.4 Å². The van der Waals surface area contributed by atoms with E-state index in [0.717, 1.165) is 5.57 Å². The second kappa shape index (κ2) is 10.5. The third-order valence-electron chi connectivity index (χ3n) is 14.7. The number of rotatable bonds is 4. The van der Waals surface area contributed by atoms with Crippen molar-refractivity contribution in [1.82, 2.24) is 0 Å². The van der Waals surface area contributed by atoms with Crippen LogP contribution >= 0.6 is 0 Å². The van der Waals surface area contributed by atoms with Crippen LogP contribution in [0.5, 0.6) is 0 Å². The Kier molecular flexibility index (Phi) is 7.69. The lowest BCUT2D eigenvalue weighted by Gasteiger charge is -2.73. The fourth-order valence-corrected chi connectivity index (χ4v) is 13.3. The van der Waals surface area contributed by atoms with Crippen LogP contribution < -0.4 is 0 Å². The lowest BCUT2D eigenvalue weighted by Crippen LogP contribution is -2.86. The summed E-state index contributed by atoms with van der Waals surface area (Å²) in [6.45, 7) is 16.5. The number of fused-ring (bicyclic) bond motifs is 5. The quantitative estimate of drug-likeness (QED) is 0.325. The smallest absolute Gasteiger partial charge is 0.312 e. The second-order valence-electron chi connectivity index (χ2n) is 17.2. The van der Waals surface area contributed by atoms with Crippen molar-refractivity contribution >= 4 is 29.7 Å². The Hall–Kier alpha value is -2.99. The molecule has 6 aliphatic rings. The number of Topliss-reactive ketones (excluding diaryl/α,β-unsaturated/α-hetero) is 1. The number of carbonyl (C=O) groups is 5. The van der Waals surface area contributed by atoms with Crippen LogP contribution in [0.2, 0.25) is 0 Å². The molecule has 49 heavy (non-hydrogen) atoms. The van der Waals surface area contributed by atoms with Crippen molar-refractivity contribution in [3.05, 3.63) is 11.3 Å². The molecule has 1 aliphatic heterocycles. The van der Waals surface area contributed by atoms with Gasteiger partial charge in [-0.1, -0.05) is 20.8 Å². The van der Waals surface area contributed by atoms with E-state index in [2.05, 4.69) is 0 Å². The van der Waals surface area contributed by atoms with E-state index < -0.39 is 98.4 Å². The summed E-state index contributed by atoms with van der Waals surface area (Å²) >= 11 is 0. The van der Waals surface area contributed by atoms with Crippen molar-refractivity contribution in [2.45, 2.75) is 137 Å². The van der Waals surface area contributed by atoms with E-state index in [0.29, 0.717) is 12.2 Å². The summed E-state index contributed by atoms with van der Waals surface area (Å²) in [7, 11) is 1.47. The highest BCUT2D eigenvalue weighted by Crippen LogP contribution is 2.83. The molecule has 2 N–H and O–H groups in total. The van der Waals surface area contributed by atoms with Crippen molar-refractivity contribution < 1.29 is 57.9 Å². The standard InChI is InChI=1S/C37H52O12/c1-17-13-33(8)24-12-22(41)26(45-11)18(2)32(24,7)14-23(42)27(33)37(17)35(10,44)29(48-21(5)40)28(47-20(4)39)34(9)25(46-19(3)38)15-31(6)16-36(34,37)49-30(31)43/h17,23-25,27-29,42,44H,12-16H2,1-11H3/t17-,23+,24+,25-,27-,28-,29+,31+,32+,33-,34+,35-,36+,37-/m0/s1. The number of aliphatic hydroxyl groups excluding tert-OH is 1. The maximum atomic E-state index is 14.2. The second-order valence-corrected chi connectivity index (χ2v) is 17.2. The summed E-state index contributed by atoms with van der Waals surface area (Å²) in [6, 6.07) is 0. The maximum Gasteiger partial charge on any atom is 0.312 e. The van der Waals surface area contributed by atoms with Gasteiger partial charge < -0.3 is 33.9 Å². The molecular formula is C37H52O12. The Bertz CT molecular complexity index is 1570. The SMILES string of the molecule is COC1=C(C)[C@@]2(C)C[C@@H](O)[C@H]3[C@@](C)(C[C@H](C)[C@]34[C@@]35C[C@@](C)(C[C@H](OC(C)=O)[C@]3(C)[C@@H](OC(C)=O)[C@@H](OC(C)=O)[C@]4(C)O)C(=O)O5)[C@@H]2CC1=O. The summed E-state index contributed by atoms with van der Waals surface area (Å²) < 4.78 is 30.4. The molecule has 2 spiro atoms. The van der Waals surface area contributed by atoms with E-state index >= 15 is 0 Å². The van der Waals surface area contributed by atoms with Crippen LogP contribution in [-0.4, -0.2) is 82.6 Å². The number of carbonyl (C=O) groups excluding carboxylic acids is 5. The molecule has 4 saturated carbocycles. The first-order valence-electron chi connectivity index (χ1n) is 17.4. The van der Waals surface area contributed by atoms with Gasteiger partial charge in [-0.2, -0.15) is 0 Å². The van der Waals surface area contributed by atoms with E-state index in [1.807, 2.05) is 27.7 Å². The minimum absolute atomic E-state index is 0.0320. The van der Waals surface area contributed by atoms with Crippen LogP contribution in [-0.2, 0) is 47.7 Å². The molecule has 272 valence electrons. The van der Waals surface area contributed by atoms with E-state index in [4.69, 9.17) is 23.7 Å². The Balaban J connectivity index is 1.72. The monoisotopic (exact) mass is 688 g/mol. The Morgan fingerprint density at radius 1 is 0.878 bits per heavy atom. The average Bonchev–Trinajstić information content (AvgIpc) is 3.36. The highest BCUT2D eigenvalue weighted by molar-refractivity contribution is 5.95. The Morgan fingerprint density at radius 2 is 1.45 bits per heavy atom. The average molecular weight is 689 g/mol. The van der Waals surface area contributed by atoms with Crippen molar-refractivity contribution in [3.63, 3.8) is 0 Å². The molecule has 1 saturated heterocycles. The number of ether oxygens (including phenoxy) is 5. The third kappa shape index (κ3) is 4.01. The lowest BCUT2D eigenvalue weighted by molar-refractivity contribution is -0.383. The minimum Gasteiger partial charge on any atom is -0.493 e. The van der Waals surface area contributed by atoms with Gasteiger partial charge in [0.05, 0.1) is 29.5 Å². The molecule has 5 fully saturated rings. The molecule has 0 aromatic rings. The van der Waals surface area contributed by atoms with Crippen LogP contribution in [0.15, 0.2) is 11.3 Å². The minimum atomic E-state index is -2.10. The first-order valence-corrected chi connectivity index (χ1v) is 17.4. The zero-order valence-corrected chi connectivity index (χ0v) is 30.6. The van der Waals surface area contributed by atoms with Crippen molar-refractivity contribution in [1.29, 1.82) is 0 Å². The first kappa shape index (κ1) is 35.8. The van der Waals surface area contributed by atoms with Gasteiger partial charge in [0.25, 0.3) is 0 Å². The summed E-state index contributed by atoms with van der Waals surface area (Å²) in [5.41, 5.74) is -8.85. The lowest BCUT2D eigenvalue weighted by atomic mass is 9.33. The Morgan fingerprint density at radius 3 is 2.00 bits per heavy atom. The molecule has 5 aliphatic carbocycles. The maximum absolute atomic E-state index is 14.2. The van der Waals surface area contributed by atoms with Crippen LogP contribution in [0.25, 0.3) is 0 Å². The van der Waals surface area contributed by atoms with Crippen LogP contribution in [0.1, 0.15) is 101 Å². The molecule has 0 radical (unpaired) electrons. The molecule has 2 bridgehead atoms. The van der Waals surface area contributed by atoms with Gasteiger partial charge in [0, 0.05) is 46.0 Å². The first-order chi connectivity index (χ1) is 22.5. The van der Waals surface area contributed by atoms with Gasteiger partial charge in [-0.15, -0.1) is 0 Å². The Labute approximate surface area is 287 Å². The van der Waals surface area contributed by atoms with Gasteiger partial charge in [-0.05, 0) is 68.8 Å². The highest BCUT2D eigenvalue weighted by atomic mass is 16.6. The molecule has 12 heteroatoms. The van der Waals surface area contributed by atoms with E-state index in [1.54, 1.807) is 13.8 Å². The highest BCUT2D eigenvalue weighted by Gasteiger charge is 2.92. The molecule has 0 unspecified atom stereocenters. The number of esters is 4. The summed E-state index contributed by atoms with van der Waals surface area (Å²) in [5.74, 6) is -4.19. The number of hydrogen-bond donors (Lipinski definition) is 2. The number of aliphatic hydroxyl groups is 2. The molecule has 1 heterocycles. The van der Waals surface area contributed by atoms with Gasteiger partial charge in [0.1, 0.15) is 17.3 Å². The number of methoxy groups -OCH3 is 1. The van der Waals surface area contributed by atoms with Gasteiger partial charge >= 0.3 is 23.9 Å². The van der Waals surface area contributed by atoms with Crippen LogP contribution in [0.3, 0.4) is 0 Å². The normalized spacial score (nSPS) is 51.3. The topological polar surface area (TPSA) is 172 Å². The largest absolute Gasteiger partial charge is 0.493 e. The molecule has 0 aromatic heterocycles. The fourth-order valence-electron chi connectivity index (χ4n) is 13.3. The van der Waals surface area contributed by atoms with Gasteiger partial charge in [0.2, 0.25) is 0 Å². The van der Waals surface area contributed by atoms with E-state index in [1.165, 1.54) is 34.8 Å².